The lowest BCUT2D eigenvalue weighted by molar-refractivity contribution is 0.281. The number of ether oxygens (including phenoxy) is 2. The lowest BCUT2D eigenvalue weighted by atomic mass is 10.2. The van der Waals surface area contributed by atoms with Gasteiger partial charge in [0, 0.05) is 6.07 Å². The minimum absolute atomic E-state index is 0.159. The smallest absolute Gasteiger partial charge is 0.162 e. The summed E-state index contributed by atoms with van der Waals surface area (Å²) in [5.41, 5.74) is 6.64. The maximum Gasteiger partial charge on any atom is 0.162 e. The highest BCUT2D eigenvalue weighted by atomic mass is 35.5. The zero-order valence-electron chi connectivity index (χ0n) is 10.8. The Bertz CT molecular complexity index is 668. The van der Waals surface area contributed by atoms with E-state index < -0.39 is 0 Å². The standard InChI is InChI=1S/C14H12ClN3O2/c1-19-13-6-9(7-16)2-4-12(13)20-8-11-10(15)3-5-14(17)18-11/h2-6H,8H2,1H3,(H2,17,18). The van der Waals surface area contributed by atoms with Crippen LogP contribution >= 0.6 is 11.6 Å². The molecule has 0 amide bonds. The van der Waals surface area contributed by atoms with Crippen LogP contribution in [0.5, 0.6) is 11.5 Å². The monoisotopic (exact) mass is 289 g/mol. The molecule has 0 fully saturated rings. The first kappa shape index (κ1) is 14.0. The Morgan fingerprint density at radius 2 is 2.10 bits per heavy atom. The summed E-state index contributed by atoms with van der Waals surface area (Å²) in [5.74, 6) is 1.36. The molecule has 0 spiro atoms. The summed E-state index contributed by atoms with van der Waals surface area (Å²) in [6.07, 6.45) is 0. The Hall–Kier alpha value is -2.45. The van der Waals surface area contributed by atoms with Gasteiger partial charge in [-0.25, -0.2) is 4.98 Å². The first-order valence-electron chi connectivity index (χ1n) is 5.76. The maximum absolute atomic E-state index is 8.84. The summed E-state index contributed by atoms with van der Waals surface area (Å²) >= 11 is 6.01. The topological polar surface area (TPSA) is 81.2 Å². The van der Waals surface area contributed by atoms with Crippen LogP contribution in [0, 0.1) is 11.3 Å². The molecule has 2 rings (SSSR count). The number of nitrogen functional groups attached to an aromatic ring is 1. The van der Waals surface area contributed by atoms with E-state index in [1.807, 2.05) is 6.07 Å². The van der Waals surface area contributed by atoms with Crippen molar-refractivity contribution < 1.29 is 9.47 Å². The van der Waals surface area contributed by atoms with Crippen LogP contribution in [0.15, 0.2) is 30.3 Å². The molecule has 20 heavy (non-hydrogen) atoms. The molecule has 1 aromatic heterocycles. The number of aromatic nitrogens is 1. The molecule has 0 radical (unpaired) electrons. The molecule has 1 aromatic carbocycles. The molecule has 0 aliphatic rings. The Morgan fingerprint density at radius 1 is 1.30 bits per heavy atom. The number of benzene rings is 1. The van der Waals surface area contributed by atoms with Crippen LogP contribution in [0.1, 0.15) is 11.3 Å². The third-order valence-corrected chi connectivity index (χ3v) is 2.94. The number of halogens is 1. The van der Waals surface area contributed by atoms with E-state index in [4.69, 9.17) is 32.1 Å². The number of nitrogens with two attached hydrogens (primary N) is 1. The van der Waals surface area contributed by atoms with Crippen molar-refractivity contribution >= 4 is 17.4 Å². The number of hydrogen-bond acceptors (Lipinski definition) is 5. The van der Waals surface area contributed by atoms with Gasteiger partial charge in [0.2, 0.25) is 0 Å². The number of nitriles is 1. The minimum atomic E-state index is 0.159. The van der Waals surface area contributed by atoms with Gasteiger partial charge in [0.15, 0.2) is 11.5 Å². The van der Waals surface area contributed by atoms with E-state index in [0.717, 1.165) is 0 Å². The van der Waals surface area contributed by atoms with Crippen molar-refractivity contribution in [3.05, 3.63) is 46.6 Å². The fourth-order valence-electron chi connectivity index (χ4n) is 1.60. The quantitative estimate of drug-likeness (QED) is 0.936. The molecule has 0 aliphatic heterocycles. The van der Waals surface area contributed by atoms with Gasteiger partial charge < -0.3 is 15.2 Å². The van der Waals surface area contributed by atoms with Gasteiger partial charge in [-0.15, -0.1) is 0 Å². The number of methoxy groups -OCH3 is 1. The lowest BCUT2D eigenvalue weighted by Crippen LogP contribution is -2.03. The molecule has 0 saturated carbocycles. The second-order valence-corrected chi connectivity index (χ2v) is 4.34. The Kier molecular flexibility index (Phi) is 4.28. The maximum atomic E-state index is 8.84. The number of anilines is 1. The normalized spacial score (nSPS) is 9.85. The Labute approximate surface area is 121 Å². The lowest BCUT2D eigenvalue weighted by Gasteiger charge is -2.11. The highest BCUT2D eigenvalue weighted by Gasteiger charge is 2.08. The van der Waals surface area contributed by atoms with Crippen molar-refractivity contribution in [1.82, 2.24) is 4.98 Å². The van der Waals surface area contributed by atoms with Gasteiger partial charge in [-0.3, -0.25) is 0 Å². The van der Waals surface area contributed by atoms with Crippen LogP contribution in [0.25, 0.3) is 0 Å². The third kappa shape index (κ3) is 3.11. The number of pyridine rings is 1. The fraction of sp³-hybridized carbons (Fsp3) is 0.143. The molecule has 0 unspecified atom stereocenters. The van der Waals surface area contributed by atoms with Gasteiger partial charge in [-0.1, -0.05) is 11.6 Å². The highest BCUT2D eigenvalue weighted by molar-refractivity contribution is 6.31. The summed E-state index contributed by atoms with van der Waals surface area (Å²) in [4.78, 5) is 4.10. The van der Waals surface area contributed by atoms with Crippen molar-refractivity contribution in [3.63, 3.8) is 0 Å². The number of nitrogens with zero attached hydrogens (tertiary/aromatic N) is 2. The number of hydrogen-bond donors (Lipinski definition) is 1. The molecule has 2 aromatic rings. The molecular formula is C14H12ClN3O2. The molecule has 2 N–H and O–H groups in total. The van der Waals surface area contributed by atoms with E-state index in [0.29, 0.717) is 33.6 Å². The van der Waals surface area contributed by atoms with Gasteiger partial charge in [0.1, 0.15) is 12.4 Å². The zero-order valence-corrected chi connectivity index (χ0v) is 11.5. The molecule has 0 bridgehead atoms. The summed E-state index contributed by atoms with van der Waals surface area (Å²) < 4.78 is 10.8. The Balaban J connectivity index is 2.19. The van der Waals surface area contributed by atoms with E-state index in [1.54, 1.807) is 30.3 Å². The fourth-order valence-corrected chi connectivity index (χ4v) is 1.76. The van der Waals surface area contributed by atoms with Gasteiger partial charge in [0.05, 0.1) is 29.5 Å². The summed E-state index contributed by atoms with van der Waals surface area (Å²) in [5, 5.41) is 9.31. The first-order chi connectivity index (χ1) is 9.63. The summed E-state index contributed by atoms with van der Waals surface area (Å²) in [6.45, 7) is 0.159. The molecule has 102 valence electrons. The van der Waals surface area contributed by atoms with Crippen molar-refractivity contribution in [2.45, 2.75) is 6.61 Å². The van der Waals surface area contributed by atoms with Gasteiger partial charge in [-0.05, 0) is 24.3 Å². The number of rotatable bonds is 4. The summed E-state index contributed by atoms with van der Waals surface area (Å²) in [7, 11) is 1.51. The van der Waals surface area contributed by atoms with E-state index in [1.165, 1.54) is 7.11 Å². The van der Waals surface area contributed by atoms with E-state index in [-0.39, 0.29) is 6.61 Å². The second kappa shape index (κ2) is 6.13. The zero-order chi connectivity index (χ0) is 14.5. The van der Waals surface area contributed by atoms with E-state index >= 15 is 0 Å². The summed E-state index contributed by atoms with van der Waals surface area (Å²) in [6, 6.07) is 10.2. The van der Waals surface area contributed by atoms with Crippen LogP contribution < -0.4 is 15.2 Å². The van der Waals surface area contributed by atoms with Crippen molar-refractivity contribution in [2.24, 2.45) is 0 Å². The van der Waals surface area contributed by atoms with Crippen molar-refractivity contribution in [3.8, 4) is 17.6 Å². The van der Waals surface area contributed by atoms with Crippen LogP contribution in [0.4, 0.5) is 5.82 Å². The van der Waals surface area contributed by atoms with Gasteiger partial charge in [0.25, 0.3) is 0 Å². The van der Waals surface area contributed by atoms with Crippen molar-refractivity contribution in [2.75, 3.05) is 12.8 Å². The highest BCUT2D eigenvalue weighted by Crippen LogP contribution is 2.29. The van der Waals surface area contributed by atoms with Crippen molar-refractivity contribution in [1.29, 1.82) is 5.26 Å². The predicted molar refractivity (Wildman–Crippen MR) is 75.7 cm³/mol. The minimum Gasteiger partial charge on any atom is -0.493 e. The van der Waals surface area contributed by atoms with Gasteiger partial charge >= 0.3 is 0 Å². The molecule has 0 aliphatic carbocycles. The average Bonchev–Trinajstić information content (AvgIpc) is 2.48. The molecule has 6 heteroatoms. The third-order valence-electron chi connectivity index (χ3n) is 2.60. The first-order valence-corrected chi connectivity index (χ1v) is 6.13. The molecule has 0 saturated heterocycles. The largest absolute Gasteiger partial charge is 0.493 e. The molecule has 1 heterocycles. The molecule has 5 nitrogen and oxygen atoms in total. The SMILES string of the molecule is COc1cc(C#N)ccc1OCc1nc(N)ccc1Cl. The van der Waals surface area contributed by atoms with Crippen LogP contribution in [0.3, 0.4) is 0 Å². The average molecular weight is 290 g/mol. The van der Waals surface area contributed by atoms with Crippen LogP contribution in [-0.4, -0.2) is 12.1 Å². The molecule has 0 atom stereocenters. The predicted octanol–water partition coefficient (Wildman–Crippen LogP) is 2.78. The Morgan fingerprint density at radius 3 is 2.80 bits per heavy atom. The molecular weight excluding hydrogens is 278 g/mol. The van der Waals surface area contributed by atoms with E-state index in [9.17, 15) is 0 Å². The van der Waals surface area contributed by atoms with Gasteiger partial charge in [-0.2, -0.15) is 5.26 Å². The van der Waals surface area contributed by atoms with Crippen LogP contribution in [-0.2, 0) is 6.61 Å². The van der Waals surface area contributed by atoms with E-state index in [2.05, 4.69) is 4.98 Å². The van der Waals surface area contributed by atoms with Crippen LogP contribution in [0.2, 0.25) is 5.02 Å². The second-order valence-electron chi connectivity index (χ2n) is 3.93.